The van der Waals surface area contributed by atoms with Crippen LogP contribution in [0.15, 0.2) is 12.1 Å². The molecule has 0 aromatic heterocycles. The SMILES string of the molecule is Cc1cc(C)c2c(c1)C(C(N)CO)CN2. The van der Waals surface area contributed by atoms with Crippen molar-refractivity contribution < 1.29 is 5.11 Å². The number of rotatable bonds is 2. The van der Waals surface area contributed by atoms with Gasteiger partial charge in [-0.05, 0) is 25.0 Å². The molecule has 0 saturated heterocycles. The van der Waals surface area contributed by atoms with Crippen LogP contribution in [0.4, 0.5) is 5.69 Å². The summed E-state index contributed by atoms with van der Waals surface area (Å²) in [6, 6.07) is 4.17. The monoisotopic (exact) mass is 206 g/mol. The van der Waals surface area contributed by atoms with Gasteiger partial charge in [-0.15, -0.1) is 0 Å². The number of benzene rings is 1. The molecule has 0 amide bonds. The predicted molar refractivity (Wildman–Crippen MR) is 62.2 cm³/mol. The molecule has 1 aromatic carbocycles. The normalized spacial score (nSPS) is 20.9. The summed E-state index contributed by atoms with van der Waals surface area (Å²) < 4.78 is 0. The molecular weight excluding hydrogens is 188 g/mol. The van der Waals surface area contributed by atoms with E-state index in [1.165, 1.54) is 22.4 Å². The zero-order valence-corrected chi connectivity index (χ0v) is 9.25. The molecule has 1 aliphatic rings. The van der Waals surface area contributed by atoms with Crippen LogP contribution >= 0.6 is 0 Å². The first-order valence-electron chi connectivity index (χ1n) is 5.35. The van der Waals surface area contributed by atoms with Crippen LogP contribution in [0.25, 0.3) is 0 Å². The number of aryl methyl sites for hydroxylation is 2. The van der Waals surface area contributed by atoms with E-state index in [1.807, 2.05) is 0 Å². The first-order valence-corrected chi connectivity index (χ1v) is 5.35. The van der Waals surface area contributed by atoms with Crippen molar-refractivity contribution in [2.24, 2.45) is 5.73 Å². The number of aliphatic hydroxyl groups is 1. The van der Waals surface area contributed by atoms with Gasteiger partial charge in [-0.3, -0.25) is 0 Å². The molecule has 4 N–H and O–H groups in total. The van der Waals surface area contributed by atoms with E-state index in [0.717, 1.165) is 6.54 Å². The largest absolute Gasteiger partial charge is 0.395 e. The highest BCUT2D eigenvalue weighted by molar-refractivity contribution is 5.64. The molecule has 1 aromatic rings. The molecule has 1 heterocycles. The lowest BCUT2D eigenvalue weighted by atomic mass is 9.92. The molecule has 0 spiro atoms. The molecular formula is C12H18N2O. The number of nitrogens with one attached hydrogen (secondary N) is 1. The Balaban J connectivity index is 2.41. The van der Waals surface area contributed by atoms with Crippen molar-refractivity contribution in [1.29, 1.82) is 0 Å². The van der Waals surface area contributed by atoms with Crippen LogP contribution in [0.1, 0.15) is 22.6 Å². The van der Waals surface area contributed by atoms with Crippen LogP contribution in [0.2, 0.25) is 0 Å². The second-order valence-corrected chi connectivity index (χ2v) is 4.38. The van der Waals surface area contributed by atoms with Gasteiger partial charge in [0.1, 0.15) is 0 Å². The van der Waals surface area contributed by atoms with Crippen LogP contribution in [-0.4, -0.2) is 24.3 Å². The molecule has 15 heavy (non-hydrogen) atoms. The van der Waals surface area contributed by atoms with Crippen LogP contribution in [0.5, 0.6) is 0 Å². The lowest BCUT2D eigenvalue weighted by molar-refractivity contribution is 0.252. The standard InChI is InChI=1S/C12H18N2O/c1-7-3-8(2)12-9(4-7)10(5-14-12)11(13)6-15/h3-4,10-11,14-15H,5-6,13H2,1-2H3. The summed E-state index contributed by atoms with van der Waals surface area (Å²) in [6.07, 6.45) is 0. The van der Waals surface area contributed by atoms with Crippen molar-refractivity contribution in [3.05, 3.63) is 28.8 Å². The third-order valence-corrected chi connectivity index (χ3v) is 3.14. The minimum Gasteiger partial charge on any atom is -0.395 e. The predicted octanol–water partition coefficient (Wildman–Crippen LogP) is 1.13. The van der Waals surface area contributed by atoms with Crippen molar-refractivity contribution >= 4 is 5.69 Å². The van der Waals surface area contributed by atoms with E-state index in [4.69, 9.17) is 10.8 Å². The molecule has 3 heteroatoms. The van der Waals surface area contributed by atoms with Gasteiger partial charge in [-0.25, -0.2) is 0 Å². The Morgan fingerprint density at radius 3 is 2.93 bits per heavy atom. The molecule has 2 rings (SSSR count). The molecule has 0 bridgehead atoms. The Hall–Kier alpha value is -1.06. The molecule has 0 saturated carbocycles. The number of hydrogen-bond acceptors (Lipinski definition) is 3. The summed E-state index contributed by atoms with van der Waals surface area (Å²) in [5.41, 5.74) is 10.9. The Morgan fingerprint density at radius 1 is 1.53 bits per heavy atom. The zero-order valence-electron chi connectivity index (χ0n) is 9.25. The zero-order chi connectivity index (χ0) is 11.0. The molecule has 3 nitrogen and oxygen atoms in total. The highest BCUT2D eigenvalue weighted by Gasteiger charge is 2.28. The van der Waals surface area contributed by atoms with Gasteiger partial charge in [0.25, 0.3) is 0 Å². The summed E-state index contributed by atoms with van der Waals surface area (Å²) in [5.74, 6) is 0.239. The van der Waals surface area contributed by atoms with Gasteiger partial charge >= 0.3 is 0 Å². The highest BCUT2D eigenvalue weighted by Crippen LogP contribution is 2.36. The second kappa shape index (κ2) is 3.83. The third kappa shape index (κ3) is 1.73. The first kappa shape index (κ1) is 10.5. The Labute approximate surface area is 90.3 Å². The number of hydrogen-bond donors (Lipinski definition) is 3. The van der Waals surface area contributed by atoms with E-state index in [-0.39, 0.29) is 18.6 Å². The lowest BCUT2D eigenvalue weighted by Gasteiger charge is -2.17. The van der Waals surface area contributed by atoms with Crippen molar-refractivity contribution in [2.45, 2.75) is 25.8 Å². The average Bonchev–Trinajstić information content (AvgIpc) is 2.60. The van der Waals surface area contributed by atoms with Gasteiger partial charge in [0.05, 0.1) is 6.61 Å². The van der Waals surface area contributed by atoms with Crippen LogP contribution in [0, 0.1) is 13.8 Å². The fourth-order valence-corrected chi connectivity index (χ4v) is 2.37. The minimum absolute atomic E-state index is 0.0405. The van der Waals surface area contributed by atoms with Gasteiger partial charge in [0, 0.05) is 24.2 Å². The summed E-state index contributed by atoms with van der Waals surface area (Å²) in [6.45, 7) is 5.07. The summed E-state index contributed by atoms with van der Waals surface area (Å²) in [4.78, 5) is 0. The smallest absolute Gasteiger partial charge is 0.0589 e. The maximum Gasteiger partial charge on any atom is 0.0589 e. The van der Waals surface area contributed by atoms with Crippen LogP contribution in [0.3, 0.4) is 0 Å². The lowest BCUT2D eigenvalue weighted by Crippen LogP contribution is -2.33. The van der Waals surface area contributed by atoms with E-state index in [1.54, 1.807) is 0 Å². The Morgan fingerprint density at radius 2 is 2.27 bits per heavy atom. The van der Waals surface area contributed by atoms with Crippen LogP contribution in [-0.2, 0) is 0 Å². The summed E-state index contributed by atoms with van der Waals surface area (Å²) >= 11 is 0. The molecule has 2 unspecified atom stereocenters. The number of nitrogens with two attached hydrogens (primary N) is 1. The van der Waals surface area contributed by atoms with E-state index < -0.39 is 0 Å². The van der Waals surface area contributed by atoms with Crippen molar-refractivity contribution in [2.75, 3.05) is 18.5 Å². The fraction of sp³-hybridized carbons (Fsp3) is 0.500. The fourth-order valence-electron chi connectivity index (χ4n) is 2.37. The van der Waals surface area contributed by atoms with Gasteiger partial charge in [0.2, 0.25) is 0 Å². The van der Waals surface area contributed by atoms with Gasteiger partial charge in [-0.2, -0.15) is 0 Å². The number of fused-ring (bicyclic) bond motifs is 1. The molecule has 1 aliphatic heterocycles. The second-order valence-electron chi connectivity index (χ2n) is 4.38. The van der Waals surface area contributed by atoms with E-state index >= 15 is 0 Å². The van der Waals surface area contributed by atoms with Gasteiger partial charge < -0.3 is 16.2 Å². The van der Waals surface area contributed by atoms with E-state index in [2.05, 4.69) is 31.3 Å². The van der Waals surface area contributed by atoms with Crippen molar-refractivity contribution in [3.8, 4) is 0 Å². The van der Waals surface area contributed by atoms with Crippen molar-refractivity contribution in [1.82, 2.24) is 0 Å². The van der Waals surface area contributed by atoms with Crippen molar-refractivity contribution in [3.63, 3.8) is 0 Å². The van der Waals surface area contributed by atoms with Gasteiger partial charge in [0.15, 0.2) is 0 Å². The molecule has 0 aliphatic carbocycles. The first-order chi connectivity index (χ1) is 7.13. The third-order valence-electron chi connectivity index (χ3n) is 3.14. The van der Waals surface area contributed by atoms with E-state index in [0.29, 0.717) is 0 Å². The van der Waals surface area contributed by atoms with Gasteiger partial charge in [-0.1, -0.05) is 17.7 Å². The topological polar surface area (TPSA) is 58.3 Å². The molecule has 0 fully saturated rings. The Bertz CT molecular complexity index is 376. The summed E-state index contributed by atoms with van der Waals surface area (Å²) in [7, 11) is 0. The maximum atomic E-state index is 9.11. The summed E-state index contributed by atoms with van der Waals surface area (Å²) in [5, 5.41) is 12.5. The van der Waals surface area contributed by atoms with Crippen LogP contribution < -0.4 is 11.1 Å². The number of aliphatic hydroxyl groups excluding tert-OH is 1. The molecule has 82 valence electrons. The molecule has 2 atom stereocenters. The molecule has 0 radical (unpaired) electrons. The maximum absolute atomic E-state index is 9.11. The minimum atomic E-state index is -0.167. The Kier molecular flexibility index (Phi) is 2.67. The quantitative estimate of drug-likeness (QED) is 0.680. The number of anilines is 1. The average molecular weight is 206 g/mol. The highest BCUT2D eigenvalue weighted by atomic mass is 16.3. The van der Waals surface area contributed by atoms with E-state index in [9.17, 15) is 0 Å².